The normalized spacial score (nSPS) is 11.0. The van der Waals surface area contributed by atoms with Crippen LogP contribution in [0, 0.1) is 12.7 Å². The van der Waals surface area contributed by atoms with E-state index in [1.54, 1.807) is 40.6 Å². The van der Waals surface area contributed by atoms with Crippen LogP contribution in [0.4, 0.5) is 4.39 Å². The van der Waals surface area contributed by atoms with Gasteiger partial charge in [-0.3, -0.25) is 9.20 Å². The second-order valence-electron chi connectivity index (χ2n) is 5.14. The lowest BCUT2D eigenvalue weighted by Crippen LogP contribution is -2.15. The van der Waals surface area contributed by atoms with Gasteiger partial charge in [-0.15, -0.1) is 0 Å². The summed E-state index contributed by atoms with van der Waals surface area (Å²) in [7, 11) is 0. The Balaban J connectivity index is 1.73. The number of aryl methyl sites for hydroxylation is 1. The lowest BCUT2D eigenvalue weighted by atomic mass is 10.2. The van der Waals surface area contributed by atoms with Crippen molar-refractivity contribution in [2.24, 2.45) is 0 Å². The maximum atomic E-state index is 12.8. The predicted octanol–water partition coefficient (Wildman–Crippen LogP) is 3.58. The van der Waals surface area contributed by atoms with Gasteiger partial charge in [-0.1, -0.05) is 18.2 Å². The third-order valence-electron chi connectivity index (χ3n) is 3.29. The lowest BCUT2D eigenvalue weighted by Gasteiger charge is -2.05. The Kier molecular flexibility index (Phi) is 4.24. The molecule has 0 saturated carbocycles. The number of rotatable bonds is 4. The topological polar surface area (TPSA) is 34.4 Å². The quantitative estimate of drug-likeness (QED) is 0.738. The number of nitrogens with zero attached hydrogens (tertiary/aromatic N) is 2. The van der Waals surface area contributed by atoms with Crippen molar-refractivity contribution in [1.82, 2.24) is 9.38 Å². The van der Waals surface area contributed by atoms with Crippen LogP contribution in [0.1, 0.15) is 16.8 Å². The molecule has 0 bridgehead atoms. The van der Waals surface area contributed by atoms with E-state index in [1.807, 2.05) is 19.1 Å². The summed E-state index contributed by atoms with van der Waals surface area (Å²) in [5, 5.41) is 0. The number of fused-ring (bicyclic) bond motifs is 1. The van der Waals surface area contributed by atoms with Crippen molar-refractivity contribution >= 4 is 17.4 Å². The lowest BCUT2D eigenvalue weighted by molar-refractivity contribution is 0.627. The summed E-state index contributed by atoms with van der Waals surface area (Å²) in [6, 6.07) is 11.8. The molecule has 0 atom stereocenters. The average Bonchev–Trinajstić information content (AvgIpc) is 2.50. The van der Waals surface area contributed by atoms with Crippen molar-refractivity contribution in [2.45, 2.75) is 18.4 Å². The number of benzene rings is 1. The molecule has 0 amide bonds. The van der Waals surface area contributed by atoms with Gasteiger partial charge in [-0.25, -0.2) is 9.37 Å². The standard InChI is InChI=1S/C17H15FN2OS/c1-12-2-7-16-19-15(8-17(21)20(16)9-12)11-22-10-13-3-5-14(18)6-4-13/h2-9H,10-11H2,1H3. The van der Waals surface area contributed by atoms with Crippen LogP contribution in [-0.4, -0.2) is 9.38 Å². The molecule has 0 aliphatic rings. The molecule has 22 heavy (non-hydrogen) atoms. The molecule has 0 fully saturated rings. The summed E-state index contributed by atoms with van der Waals surface area (Å²) >= 11 is 1.65. The highest BCUT2D eigenvalue weighted by Gasteiger charge is 2.03. The fourth-order valence-corrected chi connectivity index (χ4v) is 3.07. The summed E-state index contributed by atoms with van der Waals surface area (Å²) in [5.41, 5.74) is 3.44. The van der Waals surface area contributed by atoms with E-state index in [9.17, 15) is 9.18 Å². The zero-order chi connectivity index (χ0) is 15.5. The molecular weight excluding hydrogens is 299 g/mol. The summed E-state index contributed by atoms with van der Waals surface area (Å²) in [4.78, 5) is 16.6. The Morgan fingerprint density at radius 2 is 1.91 bits per heavy atom. The molecule has 2 heterocycles. The first-order valence-corrected chi connectivity index (χ1v) is 8.08. The van der Waals surface area contributed by atoms with Gasteiger partial charge in [-0.05, 0) is 36.2 Å². The van der Waals surface area contributed by atoms with E-state index in [0.717, 1.165) is 22.6 Å². The summed E-state index contributed by atoms with van der Waals surface area (Å²) in [6.07, 6.45) is 1.79. The second kappa shape index (κ2) is 6.32. The Hall–Kier alpha value is -2.14. The van der Waals surface area contributed by atoms with Gasteiger partial charge >= 0.3 is 0 Å². The van der Waals surface area contributed by atoms with Crippen LogP contribution in [0.25, 0.3) is 5.65 Å². The molecule has 3 rings (SSSR count). The van der Waals surface area contributed by atoms with Crippen molar-refractivity contribution in [2.75, 3.05) is 0 Å². The minimum absolute atomic E-state index is 0.0638. The molecule has 3 nitrogen and oxygen atoms in total. The number of halogens is 1. The molecular formula is C17H15FN2OS. The van der Waals surface area contributed by atoms with Crippen LogP contribution in [0.5, 0.6) is 0 Å². The van der Waals surface area contributed by atoms with E-state index < -0.39 is 0 Å². The summed E-state index contributed by atoms with van der Waals surface area (Å²) in [5.74, 6) is 1.18. The van der Waals surface area contributed by atoms with E-state index in [1.165, 1.54) is 12.1 Å². The Morgan fingerprint density at radius 1 is 1.14 bits per heavy atom. The van der Waals surface area contributed by atoms with Crippen molar-refractivity contribution in [3.63, 3.8) is 0 Å². The van der Waals surface area contributed by atoms with E-state index in [4.69, 9.17) is 0 Å². The Morgan fingerprint density at radius 3 is 2.68 bits per heavy atom. The largest absolute Gasteiger partial charge is 0.269 e. The number of aromatic nitrogens is 2. The van der Waals surface area contributed by atoms with Gasteiger partial charge in [-0.2, -0.15) is 11.8 Å². The highest BCUT2D eigenvalue weighted by atomic mass is 32.2. The fourth-order valence-electron chi connectivity index (χ4n) is 2.19. The number of thioether (sulfide) groups is 1. The molecule has 0 spiro atoms. The van der Waals surface area contributed by atoms with Gasteiger partial charge in [0.05, 0.1) is 5.69 Å². The smallest absolute Gasteiger partial charge is 0.258 e. The molecule has 0 radical (unpaired) electrons. The first-order valence-electron chi connectivity index (χ1n) is 6.93. The van der Waals surface area contributed by atoms with Gasteiger partial charge in [0, 0.05) is 23.8 Å². The van der Waals surface area contributed by atoms with Crippen LogP contribution < -0.4 is 5.56 Å². The summed E-state index contributed by atoms with van der Waals surface area (Å²) < 4.78 is 14.4. The Labute approximate surface area is 131 Å². The second-order valence-corrected chi connectivity index (χ2v) is 6.13. The highest BCUT2D eigenvalue weighted by Crippen LogP contribution is 2.17. The van der Waals surface area contributed by atoms with Gasteiger partial charge in [0.25, 0.3) is 5.56 Å². The minimum atomic E-state index is -0.228. The first kappa shape index (κ1) is 14.8. The zero-order valence-electron chi connectivity index (χ0n) is 12.1. The third kappa shape index (κ3) is 3.36. The van der Waals surface area contributed by atoms with E-state index >= 15 is 0 Å². The van der Waals surface area contributed by atoms with Crippen LogP contribution in [0.2, 0.25) is 0 Å². The van der Waals surface area contributed by atoms with Gasteiger partial charge in [0.15, 0.2) is 0 Å². The molecule has 112 valence electrons. The van der Waals surface area contributed by atoms with Crippen molar-refractivity contribution < 1.29 is 4.39 Å². The van der Waals surface area contributed by atoms with Crippen molar-refractivity contribution in [3.8, 4) is 0 Å². The molecule has 0 aliphatic heterocycles. The van der Waals surface area contributed by atoms with E-state index in [-0.39, 0.29) is 11.4 Å². The van der Waals surface area contributed by atoms with Gasteiger partial charge in [0.2, 0.25) is 0 Å². The van der Waals surface area contributed by atoms with Crippen LogP contribution in [0.15, 0.2) is 53.5 Å². The number of hydrogen-bond acceptors (Lipinski definition) is 3. The summed E-state index contributed by atoms with van der Waals surface area (Å²) in [6.45, 7) is 1.94. The SMILES string of the molecule is Cc1ccc2nc(CSCc3ccc(F)cc3)cc(=O)n2c1. The maximum absolute atomic E-state index is 12.8. The number of hydrogen-bond donors (Lipinski definition) is 0. The van der Waals surface area contributed by atoms with Crippen LogP contribution in [0.3, 0.4) is 0 Å². The molecule has 1 aromatic carbocycles. The molecule has 3 aromatic rings. The van der Waals surface area contributed by atoms with E-state index in [0.29, 0.717) is 11.4 Å². The van der Waals surface area contributed by atoms with Crippen molar-refractivity contribution in [3.05, 3.63) is 81.7 Å². The molecule has 0 unspecified atom stereocenters. The number of pyridine rings is 1. The molecule has 0 aliphatic carbocycles. The zero-order valence-corrected chi connectivity index (χ0v) is 12.9. The highest BCUT2D eigenvalue weighted by molar-refractivity contribution is 7.97. The average molecular weight is 314 g/mol. The van der Waals surface area contributed by atoms with Crippen molar-refractivity contribution in [1.29, 1.82) is 0 Å². The van der Waals surface area contributed by atoms with Crippen LogP contribution in [-0.2, 0) is 11.5 Å². The van der Waals surface area contributed by atoms with E-state index in [2.05, 4.69) is 4.98 Å². The first-order chi connectivity index (χ1) is 10.6. The van der Waals surface area contributed by atoms with Gasteiger partial charge < -0.3 is 0 Å². The molecule has 0 saturated heterocycles. The molecule has 0 N–H and O–H groups in total. The molecule has 5 heteroatoms. The maximum Gasteiger partial charge on any atom is 0.258 e. The predicted molar refractivity (Wildman–Crippen MR) is 87.6 cm³/mol. The van der Waals surface area contributed by atoms with Crippen LogP contribution >= 0.6 is 11.8 Å². The fraction of sp³-hybridized carbons (Fsp3) is 0.176. The minimum Gasteiger partial charge on any atom is -0.269 e. The Bertz CT molecular complexity index is 859. The monoisotopic (exact) mass is 314 g/mol. The third-order valence-corrected chi connectivity index (χ3v) is 4.33. The van der Waals surface area contributed by atoms with Gasteiger partial charge in [0.1, 0.15) is 11.5 Å². The molecule has 2 aromatic heterocycles.